The molecule has 4 nitrogen and oxygen atoms in total. The van der Waals surface area contributed by atoms with Gasteiger partial charge in [0, 0.05) is 16.8 Å². The molecule has 20 heavy (non-hydrogen) atoms. The van der Waals surface area contributed by atoms with Gasteiger partial charge >= 0.3 is 5.97 Å². The van der Waals surface area contributed by atoms with Crippen LogP contribution in [0.5, 0.6) is 0 Å². The molecular weight excluding hydrogens is 252 g/mol. The van der Waals surface area contributed by atoms with E-state index in [2.05, 4.69) is 11.6 Å². The molecule has 3 N–H and O–H groups in total. The molecule has 0 unspecified atom stereocenters. The Labute approximate surface area is 117 Å². The number of carbonyl (C=O) groups is 1. The van der Waals surface area contributed by atoms with E-state index in [1.54, 1.807) is 6.07 Å². The highest BCUT2D eigenvalue weighted by molar-refractivity contribution is 5.93. The Hall–Kier alpha value is -2.62. The number of hydrogen-bond donors (Lipinski definition) is 2. The Morgan fingerprint density at radius 3 is 2.65 bits per heavy atom. The normalized spacial score (nSPS) is 10.3. The molecule has 2 rings (SSSR count). The van der Waals surface area contributed by atoms with Crippen molar-refractivity contribution in [1.29, 1.82) is 0 Å². The van der Waals surface area contributed by atoms with E-state index >= 15 is 0 Å². The molecule has 0 fully saturated rings. The van der Waals surface area contributed by atoms with E-state index in [0.29, 0.717) is 16.9 Å². The van der Waals surface area contributed by atoms with Gasteiger partial charge in [0.2, 0.25) is 0 Å². The lowest BCUT2D eigenvalue weighted by Gasteiger charge is -2.11. The molecule has 0 bridgehead atoms. The summed E-state index contributed by atoms with van der Waals surface area (Å²) in [6.45, 7) is 7.51. The minimum absolute atomic E-state index is 0.0732. The number of rotatable bonds is 3. The lowest BCUT2D eigenvalue weighted by molar-refractivity contribution is 0.0690. The van der Waals surface area contributed by atoms with Gasteiger partial charge in [0.25, 0.3) is 0 Å². The number of nitrogens with two attached hydrogens (primary N) is 1. The van der Waals surface area contributed by atoms with Gasteiger partial charge in [-0.15, -0.1) is 0 Å². The second-order valence-corrected chi connectivity index (χ2v) is 4.69. The van der Waals surface area contributed by atoms with Crippen LogP contribution >= 0.6 is 0 Å². The summed E-state index contributed by atoms with van der Waals surface area (Å²) in [6, 6.07) is 7.63. The molecule has 1 aromatic carbocycles. The largest absolute Gasteiger partial charge is 0.476 e. The Balaban J connectivity index is 2.73. The quantitative estimate of drug-likeness (QED) is 0.895. The van der Waals surface area contributed by atoms with Crippen molar-refractivity contribution in [3.63, 3.8) is 0 Å². The zero-order valence-corrected chi connectivity index (χ0v) is 11.5. The Kier molecular flexibility index (Phi) is 3.57. The number of benzene rings is 1. The second kappa shape index (κ2) is 5.17. The van der Waals surface area contributed by atoms with Crippen LogP contribution in [-0.4, -0.2) is 16.1 Å². The van der Waals surface area contributed by atoms with Gasteiger partial charge < -0.3 is 10.8 Å². The van der Waals surface area contributed by atoms with Crippen LogP contribution in [0.2, 0.25) is 0 Å². The number of pyridine rings is 1. The maximum Gasteiger partial charge on any atom is 0.355 e. The second-order valence-electron chi connectivity index (χ2n) is 4.69. The van der Waals surface area contributed by atoms with Crippen LogP contribution in [0.15, 0.2) is 30.8 Å². The molecule has 0 spiro atoms. The predicted molar refractivity (Wildman–Crippen MR) is 80.6 cm³/mol. The van der Waals surface area contributed by atoms with E-state index in [0.717, 1.165) is 16.7 Å². The van der Waals surface area contributed by atoms with Gasteiger partial charge in [0.05, 0.1) is 5.69 Å². The Morgan fingerprint density at radius 2 is 2.05 bits per heavy atom. The summed E-state index contributed by atoms with van der Waals surface area (Å²) in [7, 11) is 0. The molecule has 1 aromatic heterocycles. The molecule has 0 aliphatic heterocycles. The fourth-order valence-electron chi connectivity index (χ4n) is 2.10. The number of aryl methyl sites for hydroxylation is 2. The number of nitrogens with zero attached hydrogens (tertiary/aromatic N) is 1. The van der Waals surface area contributed by atoms with E-state index in [-0.39, 0.29) is 5.69 Å². The number of carboxylic acids is 1. The average Bonchev–Trinajstić information content (AvgIpc) is 2.40. The van der Waals surface area contributed by atoms with Crippen molar-refractivity contribution < 1.29 is 9.90 Å². The maximum atomic E-state index is 11.3. The molecule has 0 atom stereocenters. The summed E-state index contributed by atoms with van der Waals surface area (Å²) < 4.78 is 0. The number of aromatic carboxylic acids is 1. The Bertz CT molecular complexity index is 706. The molecular formula is C16H16N2O2. The van der Waals surface area contributed by atoms with Gasteiger partial charge in [-0.2, -0.15) is 0 Å². The van der Waals surface area contributed by atoms with Gasteiger partial charge in [0.1, 0.15) is 0 Å². The van der Waals surface area contributed by atoms with E-state index in [1.165, 1.54) is 6.08 Å². The fraction of sp³-hybridized carbons (Fsp3) is 0.125. The number of aromatic nitrogens is 1. The summed E-state index contributed by atoms with van der Waals surface area (Å²) in [5, 5.41) is 9.25. The van der Waals surface area contributed by atoms with Crippen molar-refractivity contribution in [3.8, 4) is 11.3 Å². The smallest absolute Gasteiger partial charge is 0.355 e. The van der Waals surface area contributed by atoms with Crippen molar-refractivity contribution in [2.24, 2.45) is 0 Å². The molecule has 0 amide bonds. The molecule has 2 aromatic rings. The lowest BCUT2D eigenvalue weighted by atomic mass is 10.0. The first-order chi connectivity index (χ1) is 9.43. The van der Waals surface area contributed by atoms with E-state index in [4.69, 9.17) is 5.73 Å². The van der Waals surface area contributed by atoms with Gasteiger partial charge in [-0.05, 0) is 31.5 Å². The SMILES string of the molecule is C=Cc1c(N)cc(-c2cc(C)ccc2C)nc1C(=O)O. The first-order valence-corrected chi connectivity index (χ1v) is 6.18. The molecule has 4 heteroatoms. The van der Waals surface area contributed by atoms with Crippen LogP contribution in [0.1, 0.15) is 27.2 Å². The molecule has 0 saturated carbocycles. The molecule has 102 valence electrons. The Morgan fingerprint density at radius 1 is 1.35 bits per heavy atom. The van der Waals surface area contributed by atoms with Crippen LogP contribution in [0, 0.1) is 13.8 Å². The van der Waals surface area contributed by atoms with E-state index in [9.17, 15) is 9.90 Å². The molecule has 0 aliphatic carbocycles. The number of anilines is 1. The summed E-state index contributed by atoms with van der Waals surface area (Å²) in [5.41, 5.74) is 10.1. The molecule has 1 heterocycles. The predicted octanol–water partition coefficient (Wildman–Crippen LogP) is 3.29. The van der Waals surface area contributed by atoms with Gasteiger partial charge in [-0.3, -0.25) is 0 Å². The summed E-state index contributed by atoms with van der Waals surface area (Å²) in [4.78, 5) is 15.5. The summed E-state index contributed by atoms with van der Waals surface area (Å²) >= 11 is 0. The third kappa shape index (κ3) is 2.40. The average molecular weight is 268 g/mol. The highest BCUT2D eigenvalue weighted by Gasteiger charge is 2.16. The maximum absolute atomic E-state index is 11.3. The van der Waals surface area contributed by atoms with Crippen LogP contribution in [0.3, 0.4) is 0 Å². The van der Waals surface area contributed by atoms with E-state index < -0.39 is 5.97 Å². The standard InChI is InChI=1S/C16H16N2O2/c1-4-11-13(17)8-14(18-15(11)16(19)20)12-7-9(2)5-6-10(12)3/h4-8H,1H2,2-3H3,(H2,17,18)(H,19,20). The zero-order chi connectivity index (χ0) is 14.9. The highest BCUT2D eigenvalue weighted by atomic mass is 16.4. The lowest BCUT2D eigenvalue weighted by Crippen LogP contribution is -2.07. The summed E-state index contributed by atoms with van der Waals surface area (Å²) in [6.07, 6.45) is 1.42. The number of hydrogen-bond acceptors (Lipinski definition) is 3. The monoisotopic (exact) mass is 268 g/mol. The van der Waals surface area contributed by atoms with Crippen molar-refractivity contribution in [1.82, 2.24) is 4.98 Å². The third-order valence-corrected chi connectivity index (χ3v) is 3.17. The van der Waals surface area contributed by atoms with Crippen molar-refractivity contribution >= 4 is 17.7 Å². The summed E-state index contributed by atoms with van der Waals surface area (Å²) in [5.74, 6) is -1.11. The van der Waals surface area contributed by atoms with Crippen molar-refractivity contribution in [3.05, 3.63) is 53.2 Å². The fourth-order valence-corrected chi connectivity index (χ4v) is 2.10. The van der Waals surface area contributed by atoms with Crippen molar-refractivity contribution in [2.75, 3.05) is 5.73 Å². The first kappa shape index (κ1) is 13.8. The van der Waals surface area contributed by atoms with Gasteiger partial charge in [-0.1, -0.05) is 30.4 Å². The van der Waals surface area contributed by atoms with Crippen LogP contribution in [0.4, 0.5) is 5.69 Å². The third-order valence-electron chi connectivity index (χ3n) is 3.17. The molecule has 0 saturated heterocycles. The van der Waals surface area contributed by atoms with Crippen LogP contribution in [-0.2, 0) is 0 Å². The minimum atomic E-state index is -1.11. The zero-order valence-electron chi connectivity index (χ0n) is 11.5. The number of nitrogen functional groups attached to an aromatic ring is 1. The number of carboxylic acid groups (broad SMARTS) is 1. The first-order valence-electron chi connectivity index (χ1n) is 6.18. The van der Waals surface area contributed by atoms with Gasteiger partial charge in [0.15, 0.2) is 5.69 Å². The van der Waals surface area contributed by atoms with Crippen molar-refractivity contribution in [2.45, 2.75) is 13.8 Å². The molecule has 0 aliphatic rings. The van der Waals surface area contributed by atoms with Gasteiger partial charge in [-0.25, -0.2) is 9.78 Å². The highest BCUT2D eigenvalue weighted by Crippen LogP contribution is 2.28. The minimum Gasteiger partial charge on any atom is -0.476 e. The van der Waals surface area contributed by atoms with Crippen LogP contribution in [0.25, 0.3) is 17.3 Å². The topological polar surface area (TPSA) is 76.2 Å². The van der Waals surface area contributed by atoms with E-state index in [1.807, 2.05) is 32.0 Å². The molecule has 0 radical (unpaired) electrons. The van der Waals surface area contributed by atoms with Crippen LogP contribution < -0.4 is 5.73 Å².